The van der Waals surface area contributed by atoms with E-state index in [0.717, 1.165) is 34.7 Å². The van der Waals surface area contributed by atoms with Crippen LogP contribution in [0.5, 0.6) is 0 Å². The number of fused-ring (bicyclic) bond motifs is 2. The first kappa shape index (κ1) is 18.1. The Labute approximate surface area is 156 Å². The number of aromatic nitrogens is 1. The third kappa shape index (κ3) is 3.64. The summed E-state index contributed by atoms with van der Waals surface area (Å²) in [5, 5.41) is 4.24. The highest BCUT2D eigenvalue weighted by atomic mass is 35.5. The number of aryl methyl sites for hydroxylation is 1. The topological polar surface area (TPSA) is 71.1 Å². The van der Waals surface area contributed by atoms with Crippen molar-refractivity contribution in [2.45, 2.75) is 24.8 Å². The second-order valence-electron chi connectivity index (χ2n) is 5.88. The molecule has 25 heavy (non-hydrogen) atoms. The first-order valence-electron chi connectivity index (χ1n) is 7.74. The molecule has 0 saturated carbocycles. The Hall–Kier alpha value is -1.67. The summed E-state index contributed by atoms with van der Waals surface area (Å²) in [5.41, 5.74) is 3.86. The molecule has 0 spiro atoms. The average molecular weight is 396 g/mol. The molecule has 2 aromatic carbocycles. The molecule has 3 aromatic rings. The molecule has 4 rings (SSSR count). The number of benzene rings is 2. The predicted molar refractivity (Wildman–Crippen MR) is 104 cm³/mol. The summed E-state index contributed by atoms with van der Waals surface area (Å²) >= 11 is 1.50. The predicted octanol–water partition coefficient (Wildman–Crippen LogP) is 3.47. The van der Waals surface area contributed by atoms with E-state index in [-0.39, 0.29) is 17.3 Å². The van der Waals surface area contributed by atoms with Crippen LogP contribution in [0.1, 0.15) is 16.1 Å². The highest BCUT2D eigenvalue weighted by Gasteiger charge is 2.17. The molecule has 0 saturated heterocycles. The highest BCUT2D eigenvalue weighted by Crippen LogP contribution is 2.26. The lowest BCUT2D eigenvalue weighted by molar-refractivity contribution is 0.601. The molecule has 0 fully saturated rings. The van der Waals surface area contributed by atoms with Gasteiger partial charge in [-0.1, -0.05) is 6.07 Å². The zero-order valence-corrected chi connectivity index (χ0v) is 16.0. The van der Waals surface area contributed by atoms with Gasteiger partial charge in [-0.2, -0.15) is 0 Å². The van der Waals surface area contributed by atoms with Gasteiger partial charge in [-0.15, -0.1) is 23.7 Å². The van der Waals surface area contributed by atoms with Crippen LogP contribution in [0.15, 0.2) is 41.3 Å². The number of hydrogen-bond donors (Lipinski definition) is 2. The van der Waals surface area contributed by atoms with Gasteiger partial charge in [0.2, 0.25) is 0 Å². The molecule has 2 N–H and O–H groups in total. The van der Waals surface area contributed by atoms with Crippen LogP contribution in [0.3, 0.4) is 0 Å². The Morgan fingerprint density at radius 3 is 2.84 bits per heavy atom. The Morgan fingerprint density at radius 2 is 2.00 bits per heavy atom. The number of halogens is 1. The molecular formula is C17H18ClN3O2S2. The summed E-state index contributed by atoms with van der Waals surface area (Å²) in [6.07, 6.45) is 0.914. The fourth-order valence-corrected chi connectivity index (χ4v) is 4.96. The number of nitrogens with one attached hydrogen (secondary N) is 2. The number of hydrogen-bond acceptors (Lipinski definition) is 5. The Balaban J connectivity index is 0.00000182. The SMILES string of the molecule is Cc1nc2ccc(S(=O)(=O)Nc3ccc4c(c3)CCNC4)cc2s1.Cl. The zero-order valence-electron chi connectivity index (χ0n) is 13.6. The van der Waals surface area contributed by atoms with E-state index >= 15 is 0 Å². The van der Waals surface area contributed by atoms with Crippen molar-refractivity contribution in [1.82, 2.24) is 10.3 Å². The molecule has 0 bridgehead atoms. The lowest BCUT2D eigenvalue weighted by atomic mass is 10.0. The molecule has 1 aliphatic rings. The molecule has 0 amide bonds. The summed E-state index contributed by atoms with van der Waals surface area (Å²) in [6.45, 7) is 3.67. The van der Waals surface area contributed by atoms with Crippen molar-refractivity contribution in [1.29, 1.82) is 0 Å². The van der Waals surface area contributed by atoms with Crippen LogP contribution in [0.2, 0.25) is 0 Å². The van der Waals surface area contributed by atoms with Gasteiger partial charge in [0.15, 0.2) is 0 Å². The minimum absolute atomic E-state index is 0. The van der Waals surface area contributed by atoms with Gasteiger partial charge < -0.3 is 5.32 Å². The monoisotopic (exact) mass is 395 g/mol. The van der Waals surface area contributed by atoms with Gasteiger partial charge in [-0.25, -0.2) is 13.4 Å². The lowest BCUT2D eigenvalue weighted by Gasteiger charge is -2.18. The minimum atomic E-state index is -3.61. The molecule has 1 aliphatic heterocycles. The van der Waals surface area contributed by atoms with Gasteiger partial charge in [0.25, 0.3) is 10.0 Å². The van der Waals surface area contributed by atoms with Crippen molar-refractivity contribution >= 4 is 49.7 Å². The van der Waals surface area contributed by atoms with E-state index in [9.17, 15) is 8.42 Å². The van der Waals surface area contributed by atoms with E-state index in [1.165, 1.54) is 22.5 Å². The molecular weight excluding hydrogens is 378 g/mol. The Kier molecular flexibility index (Phi) is 5.02. The van der Waals surface area contributed by atoms with Gasteiger partial charge in [-0.05, 0) is 61.3 Å². The molecule has 1 aromatic heterocycles. The fourth-order valence-electron chi connectivity index (χ4n) is 2.94. The zero-order chi connectivity index (χ0) is 16.7. The van der Waals surface area contributed by atoms with Crippen molar-refractivity contribution in [2.75, 3.05) is 11.3 Å². The smallest absolute Gasteiger partial charge is 0.261 e. The third-order valence-electron chi connectivity index (χ3n) is 4.12. The molecule has 0 aliphatic carbocycles. The molecule has 5 nitrogen and oxygen atoms in total. The van der Waals surface area contributed by atoms with E-state index < -0.39 is 10.0 Å². The minimum Gasteiger partial charge on any atom is -0.312 e. The number of nitrogens with zero attached hydrogens (tertiary/aromatic N) is 1. The summed E-state index contributed by atoms with van der Waals surface area (Å²) < 4.78 is 28.9. The van der Waals surface area contributed by atoms with Crippen LogP contribution < -0.4 is 10.0 Å². The van der Waals surface area contributed by atoms with Crippen LogP contribution in [-0.4, -0.2) is 19.9 Å². The van der Waals surface area contributed by atoms with Crippen LogP contribution in [0.25, 0.3) is 10.2 Å². The number of thiazole rings is 1. The molecule has 8 heteroatoms. The number of anilines is 1. The second-order valence-corrected chi connectivity index (χ2v) is 8.80. The highest BCUT2D eigenvalue weighted by molar-refractivity contribution is 7.92. The van der Waals surface area contributed by atoms with Crippen LogP contribution in [-0.2, 0) is 23.0 Å². The van der Waals surface area contributed by atoms with E-state index in [2.05, 4.69) is 15.0 Å². The van der Waals surface area contributed by atoms with Crippen molar-refractivity contribution in [3.05, 3.63) is 52.5 Å². The maximum Gasteiger partial charge on any atom is 0.261 e. The average Bonchev–Trinajstić information content (AvgIpc) is 2.93. The van der Waals surface area contributed by atoms with Crippen molar-refractivity contribution in [3.63, 3.8) is 0 Å². The Morgan fingerprint density at radius 1 is 1.16 bits per heavy atom. The summed E-state index contributed by atoms with van der Waals surface area (Å²) in [4.78, 5) is 4.63. The standard InChI is InChI=1S/C17H17N3O2S2.ClH/c1-11-19-16-5-4-15(9-17(16)23-11)24(21,22)20-14-3-2-13-10-18-7-6-12(13)8-14;/h2-5,8-9,18,20H,6-7,10H2,1H3;1H. The fraction of sp³-hybridized carbons (Fsp3) is 0.235. The second kappa shape index (κ2) is 6.92. The van der Waals surface area contributed by atoms with Gasteiger partial charge in [0, 0.05) is 12.2 Å². The third-order valence-corrected chi connectivity index (χ3v) is 6.43. The first-order valence-corrected chi connectivity index (χ1v) is 10.0. The van der Waals surface area contributed by atoms with Gasteiger partial charge in [0.1, 0.15) is 0 Å². The van der Waals surface area contributed by atoms with Gasteiger partial charge >= 0.3 is 0 Å². The number of sulfonamides is 1. The maximum atomic E-state index is 12.7. The van der Waals surface area contributed by atoms with E-state index in [1.807, 2.05) is 25.1 Å². The van der Waals surface area contributed by atoms with Crippen LogP contribution in [0, 0.1) is 6.92 Å². The van der Waals surface area contributed by atoms with E-state index in [4.69, 9.17) is 0 Å². The van der Waals surface area contributed by atoms with Gasteiger partial charge in [0.05, 0.1) is 20.1 Å². The molecule has 0 atom stereocenters. The number of rotatable bonds is 3. The summed E-state index contributed by atoms with van der Waals surface area (Å²) in [6, 6.07) is 10.8. The van der Waals surface area contributed by atoms with E-state index in [0.29, 0.717) is 5.69 Å². The van der Waals surface area contributed by atoms with Crippen LogP contribution >= 0.6 is 23.7 Å². The van der Waals surface area contributed by atoms with Crippen molar-refractivity contribution in [3.8, 4) is 0 Å². The lowest BCUT2D eigenvalue weighted by Crippen LogP contribution is -2.23. The van der Waals surface area contributed by atoms with E-state index in [1.54, 1.807) is 18.2 Å². The molecule has 132 valence electrons. The van der Waals surface area contributed by atoms with Crippen molar-refractivity contribution < 1.29 is 8.42 Å². The first-order chi connectivity index (χ1) is 11.5. The van der Waals surface area contributed by atoms with Gasteiger partial charge in [-0.3, -0.25) is 4.72 Å². The quantitative estimate of drug-likeness (QED) is 0.712. The summed E-state index contributed by atoms with van der Waals surface area (Å²) in [7, 11) is -3.61. The molecule has 0 radical (unpaired) electrons. The molecule has 0 unspecified atom stereocenters. The normalized spacial score (nSPS) is 14.0. The maximum absolute atomic E-state index is 12.7. The van der Waals surface area contributed by atoms with Crippen LogP contribution in [0.4, 0.5) is 5.69 Å². The molecule has 2 heterocycles. The Bertz CT molecular complexity index is 1030. The summed E-state index contributed by atoms with van der Waals surface area (Å²) in [5.74, 6) is 0. The largest absolute Gasteiger partial charge is 0.312 e. The van der Waals surface area contributed by atoms with Crippen molar-refractivity contribution in [2.24, 2.45) is 0 Å².